The molecule has 3 aromatic carbocycles. The van der Waals surface area contributed by atoms with Crippen molar-refractivity contribution in [1.29, 1.82) is 0 Å². The molecule has 1 N–H and O–H groups in total. The van der Waals surface area contributed by atoms with E-state index in [2.05, 4.69) is 15.9 Å². The molecule has 0 saturated heterocycles. The molecule has 0 aromatic heterocycles. The molecular weight excluding hydrogens is 324 g/mol. The highest BCUT2D eigenvalue weighted by Gasteiger charge is 2.13. The zero-order valence-electron chi connectivity index (χ0n) is 10.1. The Morgan fingerprint density at radius 3 is 2.53 bits per heavy atom. The minimum absolute atomic E-state index is 0.517. The first-order valence-corrected chi connectivity index (χ1v) is 7.56. The summed E-state index contributed by atoms with van der Waals surface area (Å²) in [6, 6.07) is 15.9. The van der Waals surface area contributed by atoms with E-state index in [0.29, 0.717) is 5.33 Å². The first-order valence-electron chi connectivity index (χ1n) is 6.06. The lowest BCUT2D eigenvalue weighted by Gasteiger charge is -2.14. The molecular formula is C16H12BrClO. The monoisotopic (exact) mass is 334 g/mol. The van der Waals surface area contributed by atoms with Crippen LogP contribution >= 0.6 is 27.5 Å². The van der Waals surface area contributed by atoms with Gasteiger partial charge in [0.05, 0.1) is 6.10 Å². The van der Waals surface area contributed by atoms with Gasteiger partial charge in [-0.25, -0.2) is 0 Å². The van der Waals surface area contributed by atoms with Gasteiger partial charge in [0.25, 0.3) is 0 Å². The number of aliphatic hydroxyl groups is 1. The molecule has 0 spiro atoms. The summed E-state index contributed by atoms with van der Waals surface area (Å²) in [7, 11) is 0. The Kier molecular flexibility index (Phi) is 3.48. The van der Waals surface area contributed by atoms with Crippen molar-refractivity contribution in [2.45, 2.75) is 6.10 Å². The highest BCUT2D eigenvalue weighted by molar-refractivity contribution is 9.09. The maximum atomic E-state index is 10.2. The van der Waals surface area contributed by atoms with Crippen LogP contribution < -0.4 is 0 Å². The van der Waals surface area contributed by atoms with Crippen molar-refractivity contribution in [2.24, 2.45) is 0 Å². The van der Waals surface area contributed by atoms with Crippen molar-refractivity contribution in [1.82, 2.24) is 0 Å². The Morgan fingerprint density at radius 1 is 1.05 bits per heavy atom. The number of hydrogen-bond acceptors (Lipinski definition) is 1. The van der Waals surface area contributed by atoms with Crippen molar-refractivity contribution in [3.05, 3.63) is 59.1 Å². The molecule has 0 aliphatic carbocycles. The van der Waals surface area contributed by atoms with E-state index in [1.807, 2.05) is 48.5 Å². The Morgan fingerprint density at radius 2 is 1.79 bits per heavy atom. The Balaban J connectivity index is 2.50. The van der Waals surface area contributed by atoms with E-state index in [0.717, 1.165) is 32.1 Å². The summed E-state index contributed by atoms with van der Waals surface area (Å²) in [5.41, 5.74) is 0.933. The van der Waals surface area contributed by atoms with Crippen LogP contribution in [0.5, 0.6) is 0 Å². The average molecular weight is 336 g/mol. The summed E-state index contributed by atoms with van der Waals surface area (Å²) in [6.07, 6.45) is -0.520. The minimum atomic E-state index is -0.520. The van der Waals surface area contributed by atoms with Gasteiger partial charge in [-0.05, 0) is 33.9 Å². The lowest BCUT2D eigenvalue weighted by atomic mass is 9.95. The van der Waals surface area contributed by atoms with E-state index in [-0.39, 0.29) is 0 Å². The smallest absolute Gasteiger partial charge is 0.0893 e. The number of benzene rings is 3. The molecule has 3 aromatic rings. The predicted octanol–water partition coefficient (Wildman–Crippen LogP) is 5.07. The molecule has 0 fully saturated rings. The summed E-state index contributed by atoms with van der Waals surface area (Å²) >= 11 is 9.67. The van der Waals surface area contributed by atoms with Crippen molar-refractivity contribution < 1.29 is 5.11 Å². The maximum absolute atomic E-state index is 10.2. The maximum Gasteiger partial charge on any atom is 0.0893 e. The van der Waals surface area contributed by atoms with Crippen molar-refractivity contribution >= 4 is 49.1 Å². The summed E-state index contributed by atoms with van der Waals surface area (Å²) in [5, 5.41) is 15.7. The quantitative estimate of drug-likeness (QED) is 0.512. The first kappa shape index (κ1) is 12.9. The number of fused-ring (bicyclic) bond motifs is 3. The summed E-state index contributed by atoms with van der Waals surface area (Å²) in [4.78, 5) is 0. The molecule has 1 atom stereocenters. The topological polar surface area (TPSA) is 20.2 Å². The van der Waals surface area contributed by atoms with E-state index < -0.39 is 6.10 Å². The van der Waals surface area contributed by atoms with Crippen LogP contribution in [0, 0.1) is 0 Å². The third-order valence-electron chi connectivity index (χ3n) is 3.37. The second kappa shape index (κ2) is 5.12. The Hall–Kier alpha value is -1.09. The van der Waals surface area contributed by atoms with Crippen LogP contribution in [-0.2, 0) is 0 Å². The third kappa shape index (κ3) is 2.14. The summed E-state index contributed by atoms with van der Waals surface area (Å²) in [5.74, 6) is 0. The van der Waals surface area contributed by atoms with Crippen LogP contribution in [0.2, 0.25) is 5.02 Å². The van der Waals surface area contributed by atoms with Gasteiger partial charge in [0.15, 0.2) is 0 Å². The molecule has 0 aliphatic rings. The normalized spacial score (nSPS) is 13.0. The predicted molar refractivity (Wildman–Crippen MR) is 85.2 cm³/mol. The molecule has 0 saturated carbocycles. The van der Waals surface area contributed by atoms with E-state index in [4.69, 9.17) is 11.6 Å². The average Bonchev–Trinajstić information content (AvgIpc) is 2.45. The zero-order valence-corrected chi connectivity index (χ0v) is 12.4. The molecule has 0 bridgehead atoms. The van der Waals surface area contributed by atoms with Crippen molar-refractivity contribution in [3.63, 3.8) is 0 Å². The van der Waals surface area contributed by atoms with Crippen LogP contribution in [0.15, 0.2) is 48.5 Å². The van der Waals surface area contributed by atoms with E-state index >= 15 is 0 Å². The number of halogens is 2. The summed E-state index contributed by atoms with van der Waals surface area (Å²) < 4.78 is 0. The lowest BCUT2D eigenvalue weighted by Crippen LogP contribution is -1.99. The van der Waals surface area contributed by atoms with Crippen LogP contribution in [-0.4, -0.2) is 10.4 Å². The fourth-order valence-electron chi connectivity index (χ4n) is 2.50. The zero-order chi connectivity index (χ0) is 13.4. The van der Waals surface area contributed by atoms with Crippen LogP contribution in [0.3, 0.4) is 0 Å². The Bertz CT molecular complexity index is 754. The van der Waals surface area contributed by atoms with Gasteiger partial charge in [-0.2, -0.15) is 0 Å². The summed E-state index contributed by atoms with van der Waals surface area (Å²) in [6.45, 7) is 0. The minimum Gasteiger partial charge on any atom is -0.388 e. The largest absolute Gasteiger partial charge is 0.388 e. The number of aliphatic hydroxyl groups excluding tert-OH is 1. The first-order chi connectivity index (χ1) is 9.22. The van der Waals surface area contributed by atoms with Crippen molar-refractivity contribution in [2.75, 3.05) is 5.33 Å². The molecule has 1 nitrogen and oxygen atoms in total. The van der Waals surface area contributed by atoms with Gasteiger partial charge in [0.1, 0.15) is 0 Å². The second-order valence-corrected chi connectivity index (χ2v) is 5.57. The second-order valence-electron chi connectivity index (χ2n) is 4.52. The highest BCUT2D eigenvalue weighted by atomic mass is 79.9. The number of alkyl halides is 1. The standard InChI is InChI=1S/C16H12BrClO/c17-9-15(19)13-8-10-4-3-7-14(18)16(10)12-6-2-1-5-11(12)13/h1-8,15,19H,9H2/t15-/m1/s1. The van der Waals surface area contributed by atoms with Gasteiger partial charge < -0.3 is 5.11 Å². The molecule has 3 rings (SSSR count). The van der Waals surface area contributed by atoms with Crippen molar-refractivity contribution in [3.8, 4) is 0 Å². The molecule has 96 valence electrons. The SMILES string of the molecule is O[C@H](CBr)c1cc2cccc(Cl)c2c2ccccc12. The number of hydrogen-bond donors (Lipinski definition) is 1. The van der Waals surface area contributed by atoms with Gasteiger partial charge in [-0.1, -0.05) is 63.9 Å². The van der Waals surface area contributed by atoms with Gasteiger partial charge in [-0.3, -0.25) is 0 Å². The van der Waals surface area contributed by atoms with E-state index in [1.165, 1.54) is 0 Å². The molecule has 19 heavy (non-hydrogen) atoms. The van der Waals surface area contributed by atoms with Gasteiger partial charge in [-0.15, -0.1) is 0 Å². The molecule has 0 radical (unpaired) electrons. The molecule has 0 amide bonds. The lowest BCUT2D eigenvalue weighted by molar-refractivity contribution is 0.207. The third-order valence-corrected chi connectivity index (χ3v) is 4.30. The molecule has 0 aliphatic heterocycles. The van der Waals surface area contributed by atoms with E-state index in [1.54, 1.807) is 0 Å². The van der Waals surface area contributed by atoms with Gasteiger partial charge in [0, 0.05) is 15.7 Å². The van der Waals surface area contributed by atoms with Gasteiger partial charge >= 0.3 is 0 Å². The fourth-order valence-corrected chi connectivity index (χ4v) is 3.13. The van der Waals surface area contributed by atoms with E-state index in [9.17, 15) is 5.11 Å². The number of rotatable bonds is 2. The fraction of sp³-hybridized carbons (Fsp3) is 0.125. The van der Waals surface area contributed by atoms with Gasteiger partial charge in [0.2, 0.25) is 0 Å². The van der Waals surface area contributed by atoms with Crippen LogP contribution in [0.1, 0.15) is 11.7 Å². The highest BCUT2D eigenvalue weighted by Crippen LogP contribution is 2.35. The van der Waals surface area contributed by atoms with Crippen LogP contribution in [0.4, 0.5) is 0 Å². The molecule has 3 heteroatoms. The molecule has 0 heterocycles. The Labute approximate surface area is 124 Å². The molecule has 0 unspecified atom stereocenters. The van der Waals surface area contributed by atoms with Crippen LogP contribution in [0.25, 0.3) is 21.5 Å².